The first-order chi connectivity index (χ1) is 11.3. The van der Waals surface area contributed by atoms with E-state index in [1.165, 1.54) is 11.8 Å². The summed E-state index contributed by atoms with van der Waals surface area (Å²) in [5, 5.41) is 10.0. The molecule has 0 spiro atoms. The van der Waals surface area contributed by atoms with Gasteiger partial charge in [-0.2, -0.15) is 5.26 Å². The van der Waals surface area contributed by atoms with E-state index in [1.54, 1.807) is 10.6 Å². The van der Waals surface area contributed by atoms with Gasteiger partial charge in [-0.3, -0.25) is 9.36 Å². The number of aryl methyl sites for hydroxylation is 1. The van der Waals surface area contributed by atoms with Crippen LogP contribution in [0.5, 0.6) is 0 Å². The fourth-order valence-corrected chi connectivity index (χ4v) is 3.21. The van der Waals surface area contributed by atoms with Gasteiger partial charge in [-0.1, -0.05) is 49.0 Å². The summed E-state index contributed by atoms with van der Waals surface area (Å²) in [7, 11) is 0. The highest BCUT2D eigenvalue weighted by Gasteiger charge is 2.14. The topological polar surface area (TPSA) is 58.7 Å². The Bertz CT molecular complexity index is 956. The Morgan fingerprint density at radius 3 is 2.70 bits per heavy atom. The van der Waals surface area contributed by atoms with E-state index in [2.05, 4.69) is 18.0 Å². The third-order valence-electron chi connectivity index (χ3n) is 3.62. The number of hydrogen-bond acceptors (Lipinski definition) is 4. The van der Waals surface area contributed by atoms with Gasteiger partial charge in [0.15, 0.2) is 5.16 Å². The molecule has 0 aliphatic carbocycles. The average molecular weight is 321 g/mol. The molecule has 0 atom stereocenters. The van der Waals surface area contributed by atoms with E-state index in [0.29, 0.717) is 16.1 Å². The standard InChI is InChI=1S/C18H15N3OS/c1-2-13-7-3-6-10-16(13)21-17(22)14-8-4-5-9-15(14)20-18(21)23-12-11-19/h3-10H,2,12H2,1H3. The van der Waals surface area contributed by atoms with Gasteiger partial charge < -0.3 is 0 Å². The zero-order chi connectivity index (χ0) is 16.2. The number of para-hydroxylation sites is 2. The molecule has 0 aliphatic heterocycles. The Labute approximate surface area is 138 Å². The van der Waals surface area contributed by atoms with Gasteiger partial charge in [-0.15, -0.1) is 0 Å². The molecule has 0 saturated heterocycles. The highest BCUT2D eigenvalue weighted by Crippen LogP contribution is 2.23. The smallest absolute Gasteiger partial charge is 0.266 e. The Balaban J connectivity index is 2.35. The molecule has 5 heteroatoms. The summed E-state index contributed by atoms with van der Waals surface area (Å²) >= 11 is 1.28. The van der Waals surface area contributed by atoms with Crippen molar-refractivity contribution in [3.05, 3.63) is 64.4 Å². The summed E-state index contributed by atoms with van der Waals surface area (Å²) in [6.45, 7) is 2.06. The fourth-order valence-electron chi connectivity index (χ4n) is 2.55. The SMILES string of the molecule is CCc1ccccc1-n1c(SCC#N)nc2ccccc2c1=O. The van der Waals surface area contributed by atoms with E-state index < -0.39 is 0 Å². The highest BCUT2D eigenvalue weighted by atomic mass is 32.2. The Morgan fingerprint density at radius 1 is 1.17 bits per heavy atom. The number of nitrogens with zero attached hydrogens (tertiary/aromatic N) is 3. The summed E-state index contributed by atoms with van der Waals surface area (Å²) in [5.41, 5.74) is 2.46. The van der Waals surface area contributed by atoms with Gasteiger partial charge in [0.05, 0.1) is 28.4 Å². The van der Waals surface area contributed by atoms with Crippen LogP contribution in [-0.4, -0.2) is 15.3 Å². The lowest BCUT2D eigenvalue weighted by Crippen LogP contribution is -2.22. The Hall–Kier alpha value is -2.58. The van der Waals surface area contributed by atoms with Crippen LogP contribution < -0.4 is 5.56 Å². The summed E-state index contributed by atoms with van der Waals surface area (Å²) in [6, 6.07) is 17.2. The summed E-state index contributed by atoms with van der Waals surface area (Å²) in [6.07, 6.45) is 0.817. The molecule has 114 valence electrons. The molecular formula is C18H15N3OS. The molecule has 3 rings (SSSR count). The number of aromatic nitrogens is 2. The third-order valence-corrected chi connectivity index (χ3v) is 4.43. The van der Waals surface area contributed by atoms with Crippen molar-refractivity contribution in [2.75, 3.05) is 5.75 Å². The molecule has 0 saturated carbocycles. The molecule has 4 nitrogen and oxygen atoms in total. The van der Waals surface area contributed by atoms with Crippen LogP contribution in [0.3, 0.4) is 0 Å². The quantitative estimate of drug-likeness (QED) is 0.544. The van der Waals surface area contributed by atoms with Crippen molar-refractivity contribution in [2.24, 2.45) is 0 Å². The number of hydrogen-bond donors (Lipinski definition) is 0. The average Bonchev–Trinajstić information content (AvgIpc) is 2.60. The minimum absolute atomic E-state index is 0.100. The predicted octanol–water partition coefficient (Wildman–Crippen LogP) is 3.56. The maximum atomic E-state index is 13.0. The van der Waals surface area contributed by atoms with E-state index >= 15 is 0 Å². The molecule has 0 N–H and O–H groups in total. The van der Waals surface area contributed by atoms with Crippen molar-refractivity contribution in [3.63, 3.8) is 0 Å². The lowest BCUT2D eigenvalue weighted by atomic mass is 10.1. The van der Waals surface area contributed by atoms with Crippen molar-refractivity contribution in [3.8, 4) is 11.8 Å². The van der Waals surface area contributed by atoms with Crippen molar-refractivity contribution in [2.45, 2.75) is 18.5 Å². The van der Waals surface area contributed by atoms with Crippen molar-refractivity contribution in [1.82, 2.24) is 9.55 Å². The molecule has 1 heterocycles. The van der Waals surface area contributed by atoms with Crippen LogP contribution in [0.2, 0.25) is 0 Å². The second-order valence-corrected chi connectivity index (χ2v) is 5.92. The fraction of sp³-hybridized carbons (Fsp3) is 0.167. The van der Waals surface area contributed by atoms with Crippen LogP contribution in [0.25, 0.3) is 16.6 Å². The highest BCUT2D eigenvalue weighted by molar-refractivity contribution is 7.99. The number of benzene rings is 2. The van der Waals surface area contributed by atoms with Crippen LogP contribution in [0, 0.1) is 11.3 Å². The summed E-state index contributed by atoms with van der Waals surface area (Å²) < 4.78 is 1.63. The molecule has 0 amide bonds. The molecule has 0 bridgehead atoms. The van der Waals surface area contributed by atoms with Gasteiger partial charge in [-0.25, -0.2) is 4.98 Å². The van der Waals surface area contributed by atoms with E-state index in [-0.39, 0.29) is 11.3 Å². The summed E-state index contributed by atoms with van der Waals surface area (Å²) in [5.74, 6) is 0.249. The largest absolute Gasteiger partial charge is 0.268 e. The second-order valence-electron chi connectivity index (χ2n) is 4.98. The zero-order valence-corrected chi connectivity index (χ0v) is 13.5. The van der Waals surface area contributed by atoms with Gasteiger partial charge in [0.2, 0.25) is 0 Å². The molecule has 23 heavy (non-hydrogen) atoms. The van der Waals surface area contributed by atoms with Crippen LogP contribution in [-0.2, 0) is 6.42 Å². The van der Waals surface area contributed by atoms with Crippen molar-refractivity contribution >= 4 is 22.7 Å². The molecule has 1 aromatic heterocycles. The van der Waals surface area contributed by atoms with Crippen LogP contribution in [0.1, 0.15) is 12.5 Å². The van der Waals surface area contributed by atoms with E-state index in [9.17, 15) is 4.79 Å². The van der Waals surface area contributed by atoms with Crippen molar-refractivity contribution in [1.29, 1.82) is 5.26 Å². The van der Waals surface area contributed by atoms with Crippen molar-refractivity contribution < 1.29 is 0 Å². The second kappa shape index (κ2) is 6.67. The molecular weight excluding hydrogens is 306 g/mol. The molecule has 0 aliphatic rings. The number of nitriles is 1. The minimum atomic E-state index is -0.100. The maximum Gasteiger partial charge on any atom is 0.266 e. The van der Waals surface area contributed by atoms with Crippen LogP contribution >= 0.6 is 11.8 Å². The molecule has 2 aromatic carbocycles. The molecule has 0 radical (unpaired) electrons. The normalized spacial score (nSPS) is 10.6. The van der Waals surface area contributed by atoms with Gasteiger partial charge >= 0.3 is 0 Å². The first-order valence-electron chi connectivity index (χ1n) is 7.36. The lowest BCUT2D eigenvalue weighted by Gasteiger charge is -2.15. The zero-order valence-electron chi connectivity index (χ0n) is 12.7. The number of fused-ring (bicyclic) bond motifs is 1. The van der Waals surface area contributed by atoms with E-state index in [4.69, 9.17) is 5.26 Å². The molecule has 0 unspecified atom stereocenters. The molecule has 3 aromatic rings. The predicted molar refractivity (Wildman–Crippen MR) is 93.1 cm³/mol. The third kappa shape index (κ3) is 2.86. The van der Waals surface area contributed by atoms with E-state index in [1.807, 2.05) is 42.5 Å². The number of rotatable bonds is 4. The van der Waals surface area contributed by atoms with Gasteiger partial charge in [0.1, 0.15) is 0 Å². The first kappa shape index (κ1) is 15.3. The Kier molecular flexibility index (Phi) is 4.45. The van der Waals surface area contributed by atoms with Crippen LogP contribution in [0.4, 0.5) is 0 Å². The minimum Gasteiger partial charge on any atom is -0.268 e. The van der Waals surface area contributed by atoms with Gasteiger partial charge in [0.25, 0.3) is 5.56 Å². The first-order valence-corrected chi connectivity index (χ1v) is 8.34. The number of thioether (sulfide) groups is 1. The van der Waals surface area contributed by atoms with E-state index in [0.717, 1.165) is 17.7 Å². The van der Waals surface area contributed by atoms with Gasteiger partial charge in [-0.05, 0) is 30.2 Å². The van der Waals surface area contributed by atoms with Gasteiger partial charge in [0, 0.05) is 0 Å². The summed E-state index contributed by atoms with van der Waals surface area (Å²) in [4.78, 5) is 17.6. The monoisotopic (exact) mass is 321 g/mol. The lowest BCUT2D eigenvalue weighted by molar-refractivity contribution is 0.809. The Morgan fingerprint density at radius 2 is 1.91 bits per heavy atom. The van der Waals surface area contributed by atoms with Crippen LogP contribution in [0.15, 0.2) is 58.5 Å². The molecule has 0 fully saturated rings. The maximum absolute atomic E-state index is 13.0.